The maximum absolute atomic E-state index is 12.5. The Hall–Kier alpha value is -1.29. The highest BCUT2D eigenvalue weighted by molar-refractivity contribution is 7.90. The van der Waals surface area contributed by atoms with Gasteiger partial charge in [-0.05, 0) is 52.4 Å². The molecule has 1 aromatic rings. The minimum Gasteiger partial charge on any atom is -0.432 e. The average molecular weight is 383 g/mol. The molecule has 2 N–H and O–H groups in total. The Kier molecular flexibility index (Phi) is 5.72. The lowest BCUT2D eigenvalue weighted by Crippen LogP contribution is -2.42. The highest BCUT2D eigenvalue weighted by Gasteiger charge is 2.35. The van der Waals surface area contributed by atoms with Crippen molar-refractivity contribution in [2.75, 3.05) is 11.9 Å². The second kappa shape index (κ2) is 7.14. The number of aromatic nitrogens is 1. The molecule has 0 bridgehead atoms. The van der Waals surface area contributed by atoms with E-state index in [0.717, 1.165) is 12.8 Å². The lowest BCUT2D eigenvalue weighted by molar-refractivity contribution is -0.141. The van der Waals surface area contributed by atoms with E-state index in [1.165, 1.54) is 0 Å². The Balaban J connectivity index is 1.79. The van der Waals surface area contributed by atoms with Gasteiger partial charge in [0.05, 0.1) is 4.75 Å². The molecule has 2 rings (SSSR count). The Morgan fingerprint density at radius 3 is 2.28 bits per heavy atom. The molecule has 144 valence electrons. The van der Waals surface area contributed by atoms with E-state index in [2.05, 4.69) is 15.0 Å². The topological polar surface area (TPSA) is 84.2 Å². The zero-order valence-corrected chi connectivity index (χ0v) is 15.3. The van der Waals surface area contributed by atoms with Crippen molar-refractivity contribution in [1.29, 1.82) is 0 Å². The smallest absolute Gasteiger partial charge is 0.432 e. The molecule has 25 heavy (non-hydrogen) atoms. The first-order chi connectivity index (χ1) is 11.4. The van der Waals surface area contributed by atoms with E-state index in [-0.39, 0.29) is 18.0 Å². The van der Waals surface area contributed by atoms with Crippen LogP contribution in [0.2, 0.25) is 0 Å². The SMILES string of the molecule is CC(C)(C)S(=O)(=O)NC[C@H]1CC[C@H](Nc2nc(C(F)(F)F)co2)CC1. The summed E-state index contributed by atoms with van der Waals surface area (Å²) in [4.78, 5) is 3.40. The first-order valence-corrected chi connectivity index (χ1v) is 9.65. The zero-order chi connectivity index (χ0) is 18.9. The number of sulfonamides is 1. The normalized spacial score (nSPS) is 22.8. The van der Waals surface area contributed by atoms with Crippen LogP contribution in [-0.2, 0) is 16.2 Å². The molecule has 1 fully saturated rings. The van der Waals surface area contributed by atoms with E-state index in [1.807, 2.05) is 0 Å². The third kappa shape index (κ3) is 5.34. The summed E-state index contributed by atoms with van der Waals surface area (Å²) < 4.78 is 68.2. The van der Waals surface area contributed by atoms with E-state index < -0.39 is 26.6 Å². The molecule has 0 amide bonds. The lowest BCUT2D eigenvalue weighted by atomic mass is 9.86. The van der Waals surface area contributed by atoms with Gasteiger partial charge in [-0.2, -0.15) is 18.2 Å². The van der Waals surface area contributed by atoms with Crippen LogP contribution < -0.4 is 10.0 Å². The number of rotatable bonds is 5. The van der Waals surface area contributed by atoms with Crippen LogP contribution in [0, 0.1) is 5.92 Å². The molecule has 0 aliphatic heterocycles. The van der Waals surface area contributed by atoms with Crippen LogP contribution in [0.5, 0.6) is 0 Å². The Morgan fingerprint density at radius 1 is 1.20 bits per heavy atom. The monoisotopic (exact) mass is 383 g/mol. The molecule has 0 aromatic carbocycles. The standard InChI is InChI=1S/C15H24F3N3O3S/c1-14(2,3)25(22,23)19-8-10-4-6-11(7-5-10)20-13-21-12(9-24-13)15(16,17)18/h9-11,19H,4-8H2,1-3H3,(H,20,21)/t10-,11-. The van der Waals surface area contributed by atoms with Crippen molar-refractivity contribution in [3.8, 4) is 0 Å². The van der Waals surface area contributed by atoms with Gasteiger partial charge in [0, 0.05) is 12.6 Å². The molecule has 1 heterocycles. The van der Waals surface area contributed by atoms with Crippen LogP contribution >= 0.6 is 0 Å². The lowest BCUT2D eigenvalue weighted by Gasteiger charge is -2.29. The fraction of sp³-hybridized carbons (Fsp3) is 0.800. The van der Waals surface area contributed by atoms with Crippen molar-refractivity contribution in [3.05, 3.63) is 12.0 Å². The van der Waals surface area contributed by atoms with Gasteiger partial charge in [-0.15, -0.1) is 0 Å². The van der Waals surface area contributed by atoms with Crippen molar-refractivity contribution in [3.63, 3.8) is 0 Å². The summed E-state index contributed by atoms with van der Waals surface area (Å²) in [6.07, 6.45) is -0.952. The van der Waals surface area contributed by atoms with Crippen LogP contribution in [-0.4, -0.2) is 30.7 Å². The molecule has 1 aromatic heterocycles. The van der Waals surface area contributed by atoms with Crippen molar-refractivity contribution in [1.82, 2.24) is 9.71 Å². The van der Waals surface area contributed by atoms with Gasteiger partial charge >= 0.3 is 6.18 Å². The highest BCUT2D eigenvalue weighted by atomic mass is 32.2. The number of halogens is 3. The Labute approximate surface area is 145 Å². The van der Waals surface area contributed by atoms with Crippen LogP contribution in [0.15, 0.2) is 10.7 Å². The van der Waals surface area contributed by atoms with Crippen molar-refractivity contribution < 1.29 is 26.0 Å². The number of oxazole rings is 1. The second-order valence-corrected chi connectivity index (χ2v) is 9.88. The molecule has 1 aliphatic rings. The number of hydrogen-bond donors (Lipinski definition) is 2. The second-order valence-electron chi connectivity index (χ2n) is 7.36. The van der Waals surface area contributed by atoms with Crippen molar-refractivity contribution in [2.45, 2.75) is 63.4 Å². The quantitative estimate of drug-likeness (QED) is 0.814. The predicted octanol–water partition coefficient (Wildman–Crippen LogP) is 3.38. The summed E-state index contributed by atoms with van der Waals surface area (Å²) in [5.41, 5.74) is -1.06. The average Bonchev–Trinajstić information content (AvgIpc) is 2.94. The van der Waals surface area contributed by atoms with Crippen molar-refractivity contribution >= 4 is 16.0 Å². The van der Waals surface area contributed by atoms with Crippen LogP contribution in [0.1, 0.15) is 52.1 Å². The fourth-order valence-electron chi connectivity index (χ4n) is 2.60. The number of nitrogens with zero attached hydrogens (tertiary/aromatic N) is 1. The molecule has 0 saturated heterocycles. The maximum Gasteiger partial charge on any atom is 0.436 e. The van der Waals surface area contributed by atoms with E-state index in [4.69, 9.17) is 4.42 Å². The molecule has 0 unspecified atom stereocenters. The molecule has 1 saturated carbocycles. The predicted molar refractivity (Wildman–Crippen MR) is 87.5 cm³/mol. The minimum absolute atomic E-state index is 0.0322. The maximum atomic E-state index is 12.5. The van der Waals surface area contributed by atoms with E-state index in [1.54, 1.807) is 20.8 Å². The van der Waals surface area contributed by atoms with E-state index in [0.29, 0.717) is 25.6 Å². The van der Waals surface area contributed by atoms with Gasteiger partial charge in [-0.1, -0.05) is 0 Å². The number of alkyl halides is 3. The van der Waals surface area contributed by atoms with Gasteiger partial charge < -0.3 is 9.73 Å². The summed E-state index contributed by atoms with van der Waals surface area (Å²) >= 11 is 0. The van der Waals surface area contributed by atoms with Gasteiger partial charge in [0.25, 0.3) is 6.01 Å². The summed E-state index contributed by atoms with van der Waals surface area (Å²) in [7, 11) is -3.37. The van der Waals surface area contributed by atoms with Crippen LogP contribution in [0.4, 0.5) is 19.2 Å². The third-order valence-corrected chi connectivity index (χ3v) is 6.50. The number of nitrogens with one attached hydrogen (secondary N) is 2. The molecular formula is C15H24F3N3O3S. The highest BCUT2D eigenvalue weighted by Crippen LogP contribution is 2.31. The first kappa shape index (κ1) is 20.0. The Morgan fingerprint density at radius 2 is 1.80 bits per heavy atom. The van der Waals surface area contributed by atoms with Gasteiger partial charge in [-0.25, -0.2) is 13.1 Å². The number of hydrogen-bond acceptors (Lipinski definition) is 5. The summed E-state index contributed by atoms with van der Waals surface area (Å²) in [6.45, 7) is 5.30. The zero-order valence-electron chi connectivity index (χ0n) is 14.5. The van der Waals surface area contributed by atoms with E-state index in [9.17, 15) is 21.6 Å². The minimum atomic E-state index is -4.52. The van der Waals surface area contributed by atoms with Gasteiger partial charge in [-0.3, -0.25) is 0 Å². The van der Waals surface area contributed by atoms with E-state index >= 15 is 0 Å². The van der Waals surface area contributed by atoms with Gasteiger partial charge in [0.2, 0.25) is 10.0 Å². The molecular weight excluding hydrogens is 359 g/mol. The summed E-state index contributed by atoms with van der Waals surface area (Å²) in [5, 5.41) is 2.87. The van der Waals surface area contributed by atoms with Crippen LogP contribution in [0.3, 0.4) is 0 Å². The third-order valence-electron chi connectivity index (χ3n) is 4.34. The molecule has 0 radical (unpaired) electrons. The number of anilines is 1. The molecule has 10 heteroatoms. The largest absolute Gasteiger partial charge is 0.436 e. The summed E-state index contributed by atoms with van der Waals surface area (Å²) in [5.74, 6) is 0.213. The fourth-order valence-corrected chi connectivity index (χ4v) is 3.49. The summed E-state index contributed by atoms with van der Waals surface area (Å²) in [6, 6.07) is -0.167. The van der Waals surface area contributed by atoms with Crippen LogP contribution in [0.25, 0.3) is 0 Å². The first-order valence-electron chi connectivity index (χ1n) is 8.17. The molecule has 1 aliphatic carbocycles. The molecule has 6 nitrogen and oxygen atoms in total. The molecule has 0 atom stereocenters. The molecule has 0 spiro atoms. The van der Waals surface area contributed by atoms with Gasteiger partial charge in [0.15, 0.2) is 5.69 Å². The van der Waals surface area contributed by atoms with Gasteiger partial charge in [0.1, 0.15) is 6.26 Å². The Bertz CT molecular complexity index is 672. The van der Waals surface area contributed by atoms with Crippen molar-refractivity contribution in [2.24, 2.45) is 5.92 Å².